The molecule has 0 radical (unpaired) electrons. The number of nitriles is 1. The molecule has 0 spiro atoms. The Morgan fingerprint density at radius 3 is 1.37 bits per heavy atom. The van der Waals surface area contributed by atoms with Crippen LogP contribution in [0.4, 0.5) is 17.6 Å². The second kappa shape index (κ2) is 12.0. The summed E-state index contributed by atoms with van der Waals surface area (Å²) in [6.45, 7) is 0. The molecule has 0 fully saturated rings. The largest absolute Gasteiger partial charge is 0.309 e. The average Bonchev–Trinajstić information content (AvgIpc) is 3.44. The van der Waals surface area contributed by atoms with Gasteiger partial charge in [-0.1, -0.05) is 66.7 Å². The molecule has 49 heavy (non-hydrogen) atoms. The molecule has 1 heterocycles. The fourth-order valence-electron chi connectivity index (χ4n) is 6.67. The van der Waals surface area contributed by atoms with E-state index in [1.54, 1.807) is 12.1 Å². The van der Waals surface area contributed by atoms with Crippen molar-refractivity contribution in [1.82, 2.24) is 4.57 Å². The monoisotopic (exact) mass is 644 g/mol. The molecule has 6 heteroatoms. The van der Waals surface area contributed by atoms with Crippen LogP contribution in [0.3, 0.4) is 0 Å². The molecule has 0 aliphatic rings. The quantitative estimate of drug-likeness (QED) is 0.171. The lowest BCUT2D eigenvalue weighted by molar-refractivity contribution is 0.583. The Kier molecular flexibility index (Phi) is 7.31. The molecule has 0 aliphatic carbocycles. The van der Waals surface area contributed by atoms with Gasteiger partial charge in [-0.05, 0) is 106 Å². The molecule has 1 aromatic heterocycles. The maximum Gasteiger partial charge on any atom is 0.126 e. The van der Waals surface area contributed by atoms with Crippen molar-refractivity contribution in [3.8, 4) is 56.3 Å². The molecule has 0 saturated heterocycles. The van der Waals surface area contributed by atoms with Crippen molar-refractivity contribution in [2.24, 2.45) is 0 Å². The third kappa shape index (κ3) is 5.42. The van der Waals surface area contributed by atoms with Crippen LogP contribution in [0.25, 0.3) is 72.0 Å². The Morgan fingerprint density at radius 1 is 0.408 bits per heavy atom. The minimum Gasteiger partial charge on any atom is -0.309 e. The van der Waals surface area contributed by atoms with E-state index < -0.39 is 23.3 Å². The van der Waals surface area contributed by atoms with Crippen LogP contribution in [0.5, 0.6) is 0 Å². The summed E-state index contributed by atoms with van der Waals surface area (Å²) in [6.07, 6.45) is 0. The number of hydrogen-bond acceptors (Lipinski definition) is 1. The van der Waals surface area contributed by atoms with Crippen molar-refractivity contribution in [2.45, 2.75) is 0 Å². The van der Waals surface area contributed by atoms with Gasteiger partial charge < -0.3 is 4.57 Å². The number of fused-ring (bicyclic) bond motifs is 3. The van der Waals surface area contributed by atoms with E-state index in [9.17, 15) is 22.8 Å². The number of nitrogens with zero attached hydrogens (tertiary/aromatic N) is 2. The first kappa shape index (κ1) is 29.9. The van der Waals surface area contributed by atoms with Gasteiger partial charge in [0.05, 0.1) is 28.4 Å². The van der Waals surface area contributed by atoms with Crippen molar-refractivity contribution in [2.75, 3.05) is 0 Å². The van der Waals surface area contributed by atoms with Crippen LogP contribution in [0.15, 0.2) is 146 Å². The zero-order valence-electron chi connectivity index (χ0n) is 25.8. The summed E-state index contributed by atoms with van der Waals surface area (Å²) in [5.41, 5.74) is 9.04. The number of para-hydroxylation sites is 1. The number of halogens is 4. The molecule has 234 valence electrons. The number of aromatic nitrogens is 1. The van der Waals surface area contributed by atoms with Gasteiger partial charge in [-0.25, -0.2) is 17.6 Å². The van der Waals surface area contributed by atoms with E-state index in [1.807, 2.05) is 84.9 Å². The summed E-state index contributed by atoms with van der Waals surface area (Å²) in [7, 11) is 0. The highest BCUT2D eigenvalue weighted by Crippen LogP contribution is 2.41. The van der Waals surface area contributed by atoms with Gasteiger partial charge in [-0.15, -0.1) is 0 Å². The van der Waals surface area contributed by atoms with Crippen LogP contribution in [0, 0.1) is 34.6 Å². The van der Waals surface area contributed by atoms with Crippen LogP contribution in [-0.4, -0.2) is 4.57 Å². The van der Waals surface area contributed by atoms with Crippen molar-refractivity contribution >= 4 is 21.8 Å². The van der Waals surface area contributed by atoms with E-state index in [0.717, 1.165) is 61.9 Å². The first-order valence-electron chi connectivity index (χ1n) is 15.6. The molecule has 7 aromatic carbocycles. The Balaban J connectivity index is 1.40. The van der Waals surface area contributed by atoms with Crippen molar-refractivity contribution in [3.05, 3.63) is 174 Å². The first-order chi connectivity index (χ1) is 23.9. The lowest BCUT2D eigenvalue weighted by Gasteiger charge is -2.17. The topological polar surface area (TPSA) is 28.7 Å². The zero-order valence-corrected chi connectivity index (χ0v) is 25.8. The van der Waals surface area contributed by atoms with Gasteiger partial charge in [0.2, 0.25) is 0 Å². The lowest BCUT2D eigenvalue weighted by Crippen LogP contribution is -1.98. The SMILES string of the molecule is N#Cc1ccc(-c2ccccc2-c2ccccc2-n2c3ccc(-c4cc(F)cc(F)c4)cc3c3cc(-c4cc(F)cc(F)c4)ccc32)cc1. The van der Waals surface area contributed by atoms with E-state index in [-0.39, 0.29) is 0 Å². The molecule has 0 atom stereocenters. The van der Waals surface area contributed by atoms with Crippen LogP contribution >= 0.6 is 0 Å². The standard InChI is InChI=1S/C43H24F4N2/c44-32-17-30(18-33(45)23-32)28-13-15-42-39(21-28)40-22-29(31-19-34(46)24-35(47)20-31)14-16-43(40)49(42)41-8-4-3-7-38(41)37-6-2-1-5-36(37)27-11-9-26(25-48)10-12-27/h1-24H. The fraction of sp³-hybridized carbons (Fsp3) is 0. The summed E-state index contributed by atoms with van der Waals surface area (Å²) < 4.78 is 59.3. The van der Waals surface area contributed by atoms with Gasteiger partial charge in [0.1, 0.15) is 23.3 Å². The van der Waals surface area contributed by atoms with Crippen LogP contribution in [0.1, 0.15) is 5.56 Å². The third-order valence-electron chi connectivity index (χ3n) is 8.84. The van der Waals surface area contributed by atoms with Gasteiger partial charge in [-0.3, -0.25) is 0 Å². The van der Waals surface area contributed by atoms with Crippen LogP contribution in [-0.2, 0) is 0 Å². The molecule has 0 saturated carbocycles. The van der Waals surface area contributed by atoms with Crippen molar-refractivity contribution in [3.63, 3.8) is 0 Å². The predicted octanol–water partition coefficient (Wildman–Crippen LogP) is 11.9. The maximum absolute atomic E-state index is 14.3. The molecule has 2 nitrogen and oxygen atoms in total. The Hall–Kier alpha value is -6.45. The summed E-state index contributed by atoms with van der Waals surface area (Å²) in [5.74, 6) is -2.71. The zero-order chi connectivity index (χ0) is 33.6. The van der Waals surface area contributed by atoms with E-state index in [2.05, 4.69) is 22.8 Å². The second-order valence-electron chi connectivity index (χ2n) is 11.9. The summed E-state index contributed by atoms with van der Waals surface area (Å²) >= 11 is 0. The Bertz CT molecular complexity index is 2460. The molecule has 0 bridgehead atoms. The number of benzene rings is 7. The smallest absolute Gasteiger partial charge is 0.126 e. The molecular weight excluding hydrogens is 620 g/mol. The van der Waals surface area contributed by atoms with Gasteiger partial charge in [0.25, 0.3) is 0 Å². The third-order valence-corrected chi connectivity index (χ3v) is 8.84. The predicted molar refractivity (Wildman–Crippen MR) is 187 cm³/mol. The van der Waals surface area contributed by atoms with Crippen molar-refractivity contribution < 1.29 is 17.6 Å². The molecule has 0 N–H and O–H groups in total. The van der Waals surface area contributed by atoms with E-state index >= 15 is 0 Å². The van der Waals surface area contributed by atoms with Gasteiger partial charge in [0.15, 0.2) is 0 Å². The fourth-order valence-corrected chi connectivity index (χ4v) is 6.67. The minimum atomic E-state index is -0.678. The normalized spacial score (nSPS) is 11.2. The highest BCUT2D eigenvalue weighted by atomic mass is 19.1. The molecule has 0 amide bonds. The molecule has 0 aliphatic heterocycles. The van der Waals surface area contributed by atoms with Gasteiger partial charge in [0, 0.05) is 28.5 Å². The molecule has 8 aromatic rings. The highest BCUT2D eigenvalue weighted by Gasteiger charge is 2.19. The lowest BCUT2D eigenvalue weighted by atomic mass is 9.93. The minimum absolute atomic E-state index is 0.389. The maximum atomic E-state index is 14.3. The number of rotatable bonds is 5. The average molecular weight is 645 g/mol. The van der Waals surface area contributed by atoms with Crippen molar-refractivity contribution in [1.29, 1.82) is 5.26 Å². The summed E-state index contributed by atoms with van der Waals surface area (Å²) in [4.78, 5) is 0. The molecule has 8 rings (SSSR count). The Morgan fingerprint density at radius 2 is 0.857 bits per heavy atom. The van der Waals surface area contributed by atoms with Crippen LogP contribution < -0.4 is 0 Å². The van der Waals surface area contributed by atoms with Gasteiger partial charge in [-0.2, -0.15) is 5.26 Å². The van der Waals surface area contributed by atoms with Crippen LogP contribution in [0.2, 0.25) is 0 Å². The van der Waals surface area contributed by atoms with Gasteiger partial charge >= 0.3 is 0 Å². The molecular formula is C43H24F4N2. The number of hydrogen-bond donors (Lipinski definition) is 0. The summed E-state index contributed by atoms with van der Waals surface area (Å²) in [5, 5.41) is 10.9. The summed E-state index contributed by atoms with van der Waals surface area (Å²) in [6, 6.07) is 43.9. The second-order valence-corrected chi connectivity index (χ2v) is 11.9. The van der Waals surface area contributed by atoms with E-state index in [4.69, 9.17) is 0 Å². The first-order valence-corrected chi connectivity index (χ1v) is 15.6. The Labute approximate surface area is 279 Å². The van der Waals surface area contributed by atoms with E-state index in [1.165, 1.54) is 24.3 Å². The highest BCUT2D eigenvalue weighted by molar-refractivity contribution is 6.12. The molecule has 0 unspecified atom stereocenters. The van der Waals surface area contributed by atoms with E-state index in [0.29, 0.717) is 27.8 Å².